The van der Waals surface area contributed by atoms with Gasteiger partial charge in [0.1, 0.15) is 5.75 Å². The molecule has 1 N–H and O–H groups in total. The topological polar surface area (TPSA) is 21.3 Å². The van der Waals surface area contributed by atoms with Gasteiger partial charge in [-0.05, 0) is 68.8 Å². The second-order valence-corrected chi connectivity index (χ2v) is 6.61. The van der Waals surface area contributed by atoms with Gasteiger partial charge in [-0.25, -0.2) is 0 Å². The quantitative estimate of drug-likeness (QED) is 0.889. The van der Waals surface area contributed by atoms with Gasteiger partial charge in [0.15, 0.2) is 0 Å². The van der Waals surface area contributed by atoms with Crippen LogP contribution in [0, 0.1) is 5.92 Å². The number of hydrogen-bond acceptors (Lipinski definition) is 2. The highest BCUT2D eigenvalue weighted by atomic mass is 16.5. The average molecular weight is 273 g/mol. The molecule has 2 heteroatoms. The van der Waals surface area contributed by atoms with Crippen LogP contribution in [0.15, 0.2) is 18.2 Å². The Hall–Kier alpha value is -1.02. The van der Waals surface area contributed by atoms with E-state index in [1.54, 1.807) is 0 Å². The van der Waals surface area contributed by atoms with Crippen LogP contribution in [0.2, 0.25) is 0 Å². The van der Waals surface area contributed by atoms with Crippen molar-refractivity contribution >= 4 is 0 Å². The maximum absolute atomic E-state index is 5.89. The van der Waals surface area contributed by atoms with Crippen molar-refractivity contribution in [3.05, 3.63) is 29.3 Å². The fourth-order valence-corrected chi connectivity index (χ4v) is 3.80. The Kier molecular flexibility index (Phi) is 4.30. The van der Waals surface area contributed by atoms with Crippen LogP contribution < -0.4 is 10.1 Å². The smallest absolute Gasteiger partial charge is 0.120 e. The maximum atomic E-state index is 5.89. The van der Waals surface area contributed by atoms with Gasteiger partial charge in [0.2, 0.25) is 0 Å². The van der Waals surface area contributed by atoms with E-state index in [1.165, 1.54) is 43.2 Å². The van der Waals surface area contributed by atoms with Crippen LogP contribution in [0.5, 0.6) is 5.75 Å². The van der Waals surface area contributed by atoms with Gasteiger partial charge in [0.25, 0.3) is 0 Å². The third kappa shape index (κ3) is 3.01. The molecule has 0 saturated heterocycles. The van der Waals surface area contributed by atoms with Crippen LogP contribution >= 0.6 is 0 Å². The standard InChI is InChI=1S/C18H27NO/c1-13(2)20-16-9-8-14-10-11-19-18(17(14)12-16)15-6-4-3-5-7-15/h8-9,12-13,15,18-19H,3-7,10-11H2,1-2H3. The molecule has 1 aliphatic heterocycles. The van der Waals surface area contributed by atoms with Crippen molar-refractivity contribution in [2.45, 2.75) is 64.5 Å². The van der Waals surface area contributed by atoms with E-state index in [1.807, 2.05) is 0 Å². The summed E-state index contributed by atoms with van der Waals surface area (Å²) in [5, 5.41) is 3.77. The maximum Gasteiger partial charge on any atom is 0.120 e. The van der Waals surface area contributed by atoms with Gasteiger partial charge in [-0.3, -0.25) is 0 Å². The molecular formula is C18H27NO. The predicted octanol–water partition coefficient (Wildman–Crippen LogP) is 4.24. The molecule has 2 aliphatic rings. The molecule has 1 aromatic carbocycles. The number of rotatable bonds is 3. The third-order valence-electron chi connectivity index (χ3n) is 4.70. The van der Waals surface area contributed by atoms with Gasteiger partial charge in [0.05, 0.1) is 6.10 Å². The molecule has 1 aromatic rings. The molecule has 0 amide bonds. The Bertz CT molecular complexity index is 449. The minimum Gasteiger partial charge on any atom is -0.491 e. The average Bonchev–Trinajstić information content (AvgIpc) is 2.47. The molecule has 3 rings (SSSR count). The molecular weight excluding hydrogens is 246 g/mol. The number of fused-ring (bicyclic) bond motifs is 1. The van der Waals surface area contributed by atoms with Crippen LogP contribution in [0.4, 0.5) is 0 Å². The first-order valence-corrected chi connectivity index (χ1v) is 8.27. The zero-order chi connectivity index (χ0) is 13.9. The predicted molar refractivity (Wildman–Crippen MR) is 83.2 cm³/mol. The van der Waals surface area contributed by atoms with E-state index in [0.717, 1.165) is 24.6 Å². The number of ether oxygens (including phenoxy) is 1. The lowest BCUT2D eigenvalue weighted by Crippen LogP contribution is -2.35. The summed E-state index contributed by atoms with van der Waals surface area (Å²) in [6, 6.07) is 7.27. The van der Waals surface area contributed by atoms with Crippen LogP contribution in [0.1, 0.15) is 63.1 Å². The number of nitrogens with one attached hydrogen (secondary N) is 1. The van der Waals surface area contributed by atoms with Gasteiger partial charge >= 0.3 is 0 Å². The summed E-state index contributed by atoms with van der Waals surface area (Å²) in [4.78, 5) is 0. The zero-order valence-corrected chi connectivity index (χ0v) is 12.8. The molecule has 2 nitrogen and oxygen atoms in total. The van der Waals surface area contributed by atoms with Gasteiger partial charge in [-0.2, -0.15) is 0 Å². The van der Waals surface area contributed by atoms with Crippen LogP contribution in [0.3, 0.4) is 0 Å². The Morgan fingerprint density at radius 3 is 2.70 bits per heavy atom. The highest BCUT2D eigenvalue weighted by Crippen LogP contribution is 2.38. The number of hydrogen-bond donors (Lipinski definition) is 1. The van der Waals surface area contributed by atoms with Crippen molar-refractivity contribution in [1.82, 2.24) is 5.32 Å². The van der Waals surface area contributed by atoms with E-state index in [4.69, 9.17) is 4.74 Å². The molecule has 0 aromatic heterocycles. The minimum atomic E-state index is 0.248. The Morgan fingerprint density at radius 1 is 1.15 bits per heavy atom. The highest BCUT2D eigenvalue weighted by Gasteiger charge is 2.29. The van der Waals surface area contributed by atoms with Crippen LogP contribution in [-0.2, 0) is 6.42 Å². The van der Waals surface area contributed by atoms with E-state index in [0.29, 0.717) is 6.04 Å². The third-order valence-corrected chi connectivity index (χ3v) is 4.70. The van der Waals surface area contributed by atoms with Crippen LogP contribution in [0.25, 0.3) is 0 Å². The molecule has 1 unspecified atom stereocenters. The first-order chi connectivity index (χ1) is 9.74. The van der Waals surface area contributed by atoms with Crippen molar-refractivity contribution in [2.24, 2.45) is 5.92 Å². The molecule has 20 heavy (non-hydrogen) atoms. The molecule has 110 valence electrons. The lowest BCUT2D eigenvalue weighted by Gasteiger charge is -2.35. The summed E-state index contributed by atoms with van der Waals surface area (Å²) >= 11 is 0. The van der Waals surface area contributed by atoms with Crippen molar-refractivity contribution in [3.8, 4) is 5.75 Å². The lowest BCUT2D eigenvalue weighted by atomic mass is 9.78. The molecule has 0 spiro atoms. The summed E-state index contributed by atoms with van der Waals surface area (Å²) in [7, 11) is 0. The van der Waals surface area contributed by atoms with Gasteiger partial charge < -0.3 is 10.1 Å². The monoisotopic (exact) mass is 273 g/mol. The minimum absolute atomic E-state index is 0.248. The van der Waals surface area contributed by atoms with Crippen molar-refractivity contribution in [1.29, 1.82) is 0 Å². The first-order valence-electron chi connectivity index (χ1n) is 8.27. The SMILES string of the molecule is CC(C)Oc1ccc2c(c1)C(C1CCCCC1)NCC2. The van der Waals surface area contributed by atoms with Gasteiger partial charge in [-0.15, -0.1) is 0 Å². The molecule has 1 heterocycles. The summed E-state index contributed by atoms with van der Waals surface area (Å²) in [6.07, 6.45) is 8.39. The van der Waals surface area contributed by atoms with Crippen molar-refractivity contribution in [3.63, 3.8) is 0 Å². The molecule has 0 radical (unpaired) electrons. The normalized spacial score (nSPS) is 23.6. The first kappa shape index (κ1) is 13.9. The second kappa shape index (κ2) is 6.17. The van der Waals surface area contributed by atoms with E-state index >= 15 is 0 Å². The van der Waals surface area contributed by atoms with E-state index < -0.39 is 0 Å². The van der Waals surface area contributed by atoms with Gasteiger partial charge in [-0.1, -0.05) is 25.3 Å². The fourth-order valence-electron chi connectivity index (χ4n) is 3.80. The van der Waals surface area contributed by atoms with E-state index in [-0.39, 0.29) is 6.10 Å². The summed E-state index contributed by atoms with van der Waals surface area (Å²) in [5.74, 6) is 1.85. The highest BCUT2D eigenvalue weighted by molar-refractivity contribution is 5.39. The van der Waals surface area contributed by atoms with E-state index in [2.05, 4.69) is 37.4 Å². The molecule has 1 saturated carbocycles. The lowest BCUT2D eigenvalue weighted by molar-refractivity contribution is 0.239. The zero-order valence-electron chi connectivity index (χ0n) is 12.8. The summed E-state index contributed by atoms with van der Waals surface area (Å²) in [6.45, 7) is 5.31. The Balaban J connectivity index is 1.85. The Labute approximate surface area is 122 Å². The summed E-state index contributed by atoms with van der Waals surface area (Å²) < 4.78 is 5.89. The van der Waals surface area contributed by atoms with Crippen LogP contribution in [-0.4, -0.2) is 12.6 Å². The van der Waals surface area contributed by atoms with E-state index in [9.17, 15) is 0 Å². The molecule has 1 aliphatic carbocycles. The Morgan fingerprint density at radius 2 is 1.95 bits per heavy atom. The second-order valence-electron chi connectivity index (χ2n) is 6.61. The number of benzene rings is 1. The molecule has 1 atom stereocenters. The van der Waals surface area contributed by atoms with Crippen molar-refractivity contribution < 1.29 is 4.74 Å². The van der Waals surface area contributed by atoms with Gasteiger partial charge in [0, 0.05) is 6.04 Å². The fraction of sp³-hybridized carbons (Fsp3) is 0.667. The largest absolute Gasteiger partial charge is 0.491 e. The summed E-state index contributed by atoms with van der Waals surface area (Å²) in [5.41, 5.74) is 3.02. The molecule has 1 fully saturated rings. The molecule has 0 bridgehead atoms. The van der Waals surface area contributed by atoms with Crippen molar-refractivity contribution in [2.75, 3.05) is 6.54 Å².